The lowest BCUT2D eigenvalue weighted by atomic mass is 9.91. The van der Waals surface area contributed by atoms with E-state index in [-0.39, 0.29) is 11.4 Å². The maximum Gasteiger partial charge on any atom is 0.138 e. The van der Waals surface area contributed by atoms with Gasteiger partial charge in [-0.2, -0.15) is 0 Å². The monoisotopic (exact) mass is 422 g/mol. The van der Waals surface area contributed by atoms with Crippen LogP contribution < -0.4 is 0 Å². The van der Waals surface area contributed by atoms with Crippen molar-refractivity contribution in [2.24, 2.45) is 0 Å². The smallest absolute Gasteiger partial charge is 0.138 e. The van der Waals surface area contributed by atoms with Crippen molar-refractivity contribution < 1.29 is 9.13 Å². The first-order chi connectivity index (χ1) is 10.0. The molecule has 0 spiro atoms. The quantitative estimate of drug-likeness (QED) is 0.550. The lowest BCUT2D eigenvalue weighted by molar-refractivity contribution is 0.0301. The zero-order chi connectivity index (χ0) is 15.0. The lowest BCUT2D eigenvalue weighted by Gasteiger charge is -2.36. The van der Waals surface area contributed by atoms with Crippen molar-refractivity contribution in [3.05, 3.63) is 27.3 Å². The summed E-state index contributed by atoms with van der Waals surface area (Å²) < 4.78 is 22.3. The van der Waals surface area contributed by atoms with Gasteiger partial charge in [0.1, 0.15) is 11.6 Å². The fourth-order valence-corrected chi connectivity index (χ4v) is 3.63. The highest BCUT2D eigenvalue weighted by Gasteiger charge is 2.33. The number of hydrogen-bond donors (Lipinski definition) is 0. The van der Waals surface area contributed by atoms with Crippen LogP contribution in [0.2, 0.25) is 0 Å². The molecule has 0 saturated carbocycles. The Labute approximate surface area is 142 Å². The molecule has 3 rings (SSSR count). The Morgan fingerprint density at radius 1 is 1.43 bits per heavy atom. The van der Waals surface area contributed by atoms with Crippen molar-refractivity contribution in [3.63, 3.8) is 0 Å². The second-order valence-corrected chi connectivity index (χ2v) is 7.21. The minimum Gasteiger partial charge on any atom is -0.381 e. The van der Waals surface area contributed by atoms with Crippen molar-refractivity contribution in [2.75, 3.05) is 19.1 Å². The minimum atomic E-state index is -0.197. The summed E-state index contributed by atoms with van der Waals surface area (Å²) in [7, 11) is 0. The number of benzene rings is 1. The maximum absolute atomic E-state index is 14.0. The van der Waals surface area contributed by atoms with Crippen molar-refractivity contribution in [1.82, 2.24) is 9.55 Å². The Morgan fingerprint density at radius 3 is 2.81 bits per heavy atom. The van der Waals surface area contributed by atoms with E-state index in [9.17, 15) is 4.39 Å². The number of halogens is 3. The summed E-state index contributed by atoms with van der Waals surface area (Å²) in [5, 5.41) is 0. The predicted molar refractivity (Wildman–Crippen MR) is 90.5 cm³/mol. The average molecular weight is 423 g/mol. The highest BCUT2D eigenvalue weighted by atomic mass is 127. The molecule has 0 bridgehead atoms. The Kier molecular flexibility index (Phi) is 4.43. The molecule has 1 aromatic heterocycles. The maximum atomic E-state index is 14.0. The molecule has 2 heterocycles. The van der Waals surface area contributed by atoms with Crippen LogP contribution in [0.5, 0.6) is 0 Å². The van der Waals surface area contributed by atoms with Crippen LogP contribution in [0, 0.1) is 9.39 Å². The summed E-state index contributed by atoms with van der Waals surface area (Å²) >= 11 is 7.93. The third-order valence-electron chi connectivity index (χ3n) is 4.19. The zero-order valence-corrected chi connectivity index (χ0v) is 14.7. The molecular formula is C15H17ClFIN2O. The van der Waals surface area contributed by atoms with Gasteiger partial charge in [0.05, 0.1) is 14.6 Å². The van der Waals surface area contributed by atoms with Crippen LogP contribution in [0.1, 0.15) is 25.6 Å². The first-order valence-corrected chi connectivity index (χ1v) is 8.67. The molecule has 0 unspecified atom stereocenters. The molecular weight excluding hydrogens is 406 g/mol. The van der Waals surface area contributed by atoms with Crippen LogP contribution in [-0.2, 0) is 16.7 Å². The first kappa shape index (κ1) is 15.5. The summed E-state index contributed by atoms with van der Waals surface area (Å²) in [5.41, 5.74) is 1.61. The molecule has 1 aliphatic heterocycles. The topological polar surface area (TPSA) is 27.1 Å². The van der Waals surface area contributed by atoms with Crippen LogP contribution in [0.3, 0.4) is 0 Å². The molecule has 0 atom stereocenters. The summed E-state index contributed by atoms with van der Waals surface area (Å²) in [5.74, 6) is 1.25. The SMILES string of the molecule is CC1(n2c(CCCl)nc3cc(I)c(F)cc32)CCOCC1. The van der Waals surface area contributed by atoms with E-state index in [4.69, 9.17) is 21.3 Å². The van der Waals surface area contributed by atoms with Crippen LogP contribution in [0.25, 0.3) is 11.0 Å². The molecule has 0 radical (unpaired) electrons. The van der Waals surface area contributed by atoms with Gasteiger partial charge >= 0.3 is 0 Å². The molecule has 1 aliphatic rings. The number of aromatic nitrogens is 2. The third kappa shape index (κ3) is 2.80. The number of rotatable bonds is 3. The lowest BCUT2D eigenvalue weighted by Crippen LogP contribution is -2.37. The van der Waals surface area contributed by atoms with Gasteiger partial charge in [-0.3, -0.25) is 0 Å². The van der Waals surface area contributed by atoms with Gasteiger partial charge in [-0.1, -0.05) is 0 Å². The van der Waals surface area contributed by atoms with E-state index < -0.39 is 0 Å². The van der Waals surface area contributed by atoms with Crippen molar-refractivity contribution >= 4 is 45.2 Å². The number of alkyl halides is 1. The van der Waals surface area contributed by atoms with Gasteiger partial charge in [0.15, 0.2) is 0 Å². The van der Waals surface area contributed by atoms with Crippen LogP contribution in [-0.4, -0.2) is 28.6 Å². The van der Waals surface area contributed by atoms with Gasteiger partial charge < -0.3 is 9.30 Å². The highest BCUT2D eigenvalue weighted by Crippen LogP contribution is 2.35. The largest absolute Gasteiger partial charge is 0.381 e. The highest BCUT2D eigenvalue weighted by molar-refractivity contribution is 14.1. The Bertz CT molecular complexity index is 667. The minimum absolute atomic E-state index is 0.0897. The second kappa shape index (κ2) is 6.01. The first-order valence-electron chi connectivity index (χ1n) is 7.06. The average Bonchev–Trinajstić information content (AvgIpc) is 2.78. The molecule has 1 aromatic carbocycles. The van der Waals surface area contributed by atoms with E-state index in [2.05, 4.69) is 11.5 Å². The Morgan fingerprint density at radius 2 is 2.14 bits per heavy atom. The number of hydrogen-bond acceptors (Lipinski definition) is 2. The van der Waals surface area contributed by atoms with Gasteiger partial charge in [-0.25, -0.2) is 9.37 Å². The van der Waals surface area contributed by atoms with Crippen LogP contribution in [0.15, 0.2) is 12.1 Å². The molecule has 1 fully saturated rings. The molecule has 0 aliphatic carbocycles. The van der Waals surface area contributed by atoms with Gasteiger partial charge in [0, 0.05) is 37.1 Å². The molecule has 3 nitrogen and oxygen atoms in total. The van der Waals surface area contributed by atoms with Crippen LogP contribution in [0.4, 0.5) is 4.39 Å². The fourth-order valence-electron chi connectivity index (χ4n) is 3.01. The number of ether oxygens (including phenoxy) is 1. The predicted octanol–water partition coefficient (Wildman–Crippen LogP) is 4.09. The standard InChI is InChI=1S/C15H17ClFIN2O/c1-15(3-6-21-7-4-15)20-13-8-10(17)11(18)9-12(13)19-14(20)2-5-16/h8-9H,2-7H2,1H3. The van der Waals surface area contributed by atoms with Crippen molar-refractivity contribution in [2.45, 2.75) is 31.7 Å². The normalized spacial score (nSPS) is 18.3. The van der Waals surface area contributed by atoms with E-state index in [1.165, 1.54) is 0 Å². The molecule has 0 N–H and O–H groups in total. The van der Waals surface area contributed by atoms with E-state index in [0.717, 1.165) is 42.9 Å². The number of fused-ring (bicyclic) bond motifs is 1. The van der Waals surface area contributed by atoms with Crippen LogP contribution >= 0.6 is 34.2 Å². The zero-order valence-electron chi connectivity index (χ0n) is 11.8. The molecule has 0 amide bonds. The molecule has 114 valence electrons. The summed E-state index contributed by atoms with van der Waals surface area (Å²) in [6, 6.07) is 3.41. The number of aryl methyl sites for hydroxylation is 1. The Balaban J connectivity index is 2.22. The number of nitrogens with zero attached hydrogens (tertiary/aromatic N) is 2. The summed E-state index contributed by atoms with van der Waals surface area (Å²) in [6.45, 7) is 3.65. The molecule has 2 aromatic rings. The number of imidazole rings is 1. The third-order valence-corrected chi connectivity index (χ3v) is 5.21. The molecule has 6 heteroatoms. The fraction of sp³-hybridized carbons (Fsp3) is 0.533. The van der Waals surface area contributed by atoms with E-state index in [1.54, 1.807) is 6.07 Å². The van der Waals surface area contributed by atoms with Gasteiger partial charge in [-0.15, -0.1) is 11.6 Å². The van der Waals surface area contributed by atoms with E-state index >= 15 is 0 Å². The summed E-state index contributed by atoms with van der Waals surface area (Å²) in [6.07, 6.45) is 2.49. The van der Waals surface area contributed by atoms with E-state index in [0.29, 0.717) is 15.9 Å². The van der Waals surface area contributed by atoms with E-state index in [1.807, 2.05) is 28.7 Å². The molecule has 21 heavy (non-hydrogen) atoms. The summed E-state index contributed by atoms with van der Waals surface area (Å²) in [4.78, 5) is 4.69. The van der Waals surface area contributed by atoms with Gasteiger partial charge in [0.25, 0.3) is 0 Å². The Hall–Kier alpha value is -0.400. The van der Waals surface area contributed by atoms with Crippen molar-refractivity contribution in [1.29, 1.82) is 0 Å². The van der Waals surface area contributed by atoms with Gasteiger partial charge in [-0.05, 0) is 48.4 Å². The second-order valence-electron chi connectivity index (χ2n) is 5.67. The van der Waals surface area contributed by atoms with Crippen molar-refractivity contribution in [3.8, 4) is 0 Å². The van der Waals surface area contributed by atoms with Gasteiger partial charge in [0.2, 0.25) is 0 Å². The molecule has 1 saturated heterocycles.